The summed E-state index contributed by atoms with van der Waals surface area (Å²) in [6, 6.07) is 5.42. The number of nitrogens with zero attached hydrogens (tertiary/aromatic N) is 1. The second-order valence-corrected chi connectivity index (χ2v) is 4.89. The molecule has 1 aromatic rings. The Balaban J connectivity index is 2.84. The van der Waals surface area contributed by atoms with E-state index in [1.54, 1.807) is 30.1 Å². The highest BCUT2D eigenvalue weighted by molar-refractivity contribution is 6.33. The van der Waals surface area contributed by atoms with Crippen LogP contribution in [0.15, 0.2) is 18.2 Å². The summed E-state index contributed by atoms with van der Waals surface area (Å²) in [5, 5.41) is 12.6. The fourth-order valence-corrected chi connectivity index (χ4v) is 2.12. The number of para-hydroxylation sites is 1. The molecule has 0 aliphatic carbocycles. The number of carbonyl (C=O) groups excluding carboxylic acids is 1. The van der Waals surface area contributed by atoms with Crippen molar-refractivity contribution in [3.05, 3.63) is 28.8 Å². The zero-order valence-corrected chi connectivity index (χ0v) is 11.7. The Kier molecular flexibility index (Phi) is 5.44. The third-order valence-electron chi connectivity index (χ3n) is 2.45. The third kappa shape index (κ3) is 3.89. The van der Waals surface area contributed by atoms with Crippen LogP contribution in [0.5, 0.6) is 0 Å². The highest BCUT2D eigenvalue weighted by Gasteiger charge is 2.14. The fourth-order valence-electron chi connectivity index (χ4n) is 1.78. The molecule has 2 N–H and O–H groups in total. The van der Waals surface area contributed by atoms with E-state index in [9.17, 15) is 9.90 Å². The number of rotatable bonds is 5. The minimum absolute atomic E-state index is 0.0729. The molecule has 1 rings (SSSR count). The minimum Gasteiger partial charge on any atom is -0.392 e. The van der Waals surface area contributed by atoms with Crippen molar-refractivity contribution in [1.82, 2.24) is 5.32 Å². The van der Waals surface area contributed by atoms with Crippen molar-refractivity contribution in [1.29, 1.82) is 0 Å². The van der Waals surface area contributed by atoms with Crippen LogP contribution in [-0.2, 0) is 11.4 Å². The van der Waals surface area contributed by atoms with Gasteiger partial charge < -0.3 is 15.3 Å². The number of likely N-dealkylation sites (N-methyl/N-ethyl adjacent to an activating group) is 1. The predicted octanol–water partition coefficient (Wildman–Crippen LogP) is 1.79. The summed E-state index contributed by atoms with van der Waals surface area (Å²) < 4.78 is 0. The van der Waals surface area contributed by atoms with Crippen LogP contribution in [0.4, 0.5) is 5.69 Å². The van der Waals surface area contributed by atoms with Crippen molar-refractivity contribution in [2.24, 2.45) is 0 Å². The Morgan fingerprint density at radius 3 is 2.72 bits per heavy atom. The molecule has 4 nitrogen and oxygen atoms in total. The number of nitrogens with one attached hydrogen (secondary N) is 1. The highest BCUT2D eigenvalue weighted by atomic mass is 35.5. The lowest BCUT2D eigenvalue weighted by Gasteiger charge is -2.23. The largest absolute Gasteiger partial charge is 0.392 e. The van der Waals surface area contributed by atoms with Crippen LogP contribution in [-0.4, -0.2) is 30.6 Å². The van der Waals surface area contributed by atoms with Gasteiger partial charge in [0, 0.05) is 18.7 Å². The Morgan fingerprint density at radius 1 is 1.50 bits per heavy atom. The van der Waals surface area contributed by atoms with Crippen molar-refractivity contribution < 1.29 is 9.90 Å². The van der Waals surface area contributed by atoms with Crippen LogP contribution in [0.1, 0.15) is 19.4 Å². The van der Waals surface area contributed by atoms with Crippen molar-refractivity contribution in [2.45, 2.75) is 26.5 Å². The van der Waals surface area contributed by atoms with Crippen LogP contribution in [0, 0.1) is 0 Å². The minimum atomic E-state index is -0.105. The van der Waals surface area contributed by atoms with Gasteiger partial charge in [-0.3, -0.25) is 4.79 Å². The van der Waals surface area contributed by atoms with Crippen LogP contribution in [0.2, 0.25) is 5.02 Å². The molecule has 18 heavy (non-hydrogen) atoms. The van der Waals surface area contributed by atoms with Gasteiger partial charge in [0.15, 0.2) is 0 Å². The standard InChI is InChI=1S/C13H19ClN2O2/c1-9(2)15-12(18)7-16(3)13-10(8-17)5-4-6-11(13)14/h4-6,9,17H,7-8H2,1-3H3,(H,15,18). The second kappa shape index (κ2) is 6.61. The average molecular weight is 271 g/mol. The molecule has 1 amide bonds. The normalized spacial score (nSPS) is 10.6. The zero-order chi connectivity index (χ0) is 13.7. The molecule has 0 aliphatic heterocycles. The van der Waals surface area contributed by atoms with Gasteiger partial charge in [0.05, 0.1) is 23.9 Å². The number of aliphatic hydroxyl groups is 1. The molecule has 0 atom stereocenters. The first kappa shape index (κ1) is 14.8. The van der Waals surface area contributed by atoms with Crippen LogP contribution in [0.25, 0.3) is 0 Å². The molecule has 0 bridgehead atoms. The molecule has 5 heteroatoms. The first-order chi connectivity index (χ1) is 8.45. The summed E-state index contributed by atoms with van der Waals surface area (Å²) in [5.74, 6) is -0.0729. The van der Waals surface area contributed by atoms with Gasteiger partial charge in [-0.15, -0.1) is 0 Å². The van der Waals surface area contributed by atoms with Gasteiger partial charge in [0.25, 0.3) is 0 Å². The maximum atomic E-state index is 11.7. The maximum Gasteiger partial charge on any atom is 0.239 e. The number of anilines is 1. The molecular weight excluding hydrogens is 252 g/mol. The number of halogens is 1. The molecule has 0 unspecified atom stereocenters. The van der Waals surface area contributed by atoms with E-state index in [1.807, 2.05) is 13.8 Å². The Labute approximate surface area is 113 Å². The monoisotopic (exact) mass is 270 g/mol. The summed E-state index contributed by atoms with van der Waals surface area (Å²) in [4.78, 5) is 13.4. The summed E-state index contributed by atoms with van der Waals surface area (Å²) >= 11 is 6.11. The molecular formula is C13H19ClN2O2. The molecule has 0 aliphatic rings. The van der Waals surface area contributed by atoms with E-state index in [1.165, 1.54) is 0 Å². The molecule has 1 aromatic carbocycles. The van der Waals surface area contributed by atoms with Crippen LogP contribution < -0.4 is 10.2 Å². The van der Waals surface area contributed by atoms with Gasteiger partial charge in [-0.05, 0) is 19.9 Å². The van der Waals surface area contributed by atoms with Crippen LogP contribution >= 0.6 is 11.6 Å². The third-order valence-corrected chi connectivity index (χ3v) is 2.76. The van der Waals surface area contributed by atoms with Gasteiger partial charge in [0.2, 0.25) is 5.91 Å². The molecule has 100 valence electrons. The number of carbonyl (C=O) groups is 1. The SMILES string of the molecule is CC(C)NC(=O)CN(C)c1c(Cl)cccc1CO. The molecule has 0 saturated heterocycles. The fraction of sp³-hybridized carbons (Fsp3) is 0.462. The smallest absolute Gasteiger partial charge is 0.239 e. The van der Waals surface area contributed by atoms with Crippen molar-refractivity contribution in [2.75, 3.05) is 18.5 Å². The van der Waals surface area contributed by atoms with E-state index in [4.69, 9.17) is 11.6 Å². The Morgan fingerprint density at radius 2 is 2.17 bits per heavy atom. The molecule has 0 saturated carbocycles. The summed E-state index contributed by atoms with van der Waals surface area (Å²) in [6.07, 6.45) is 0. The van der Waals surface area contributed by atoms with Crippen LogP contribution in [0.3, 0.4) is 0 Å². The summed E-state index contributed by atoms with van der Waals surface area (Å²) in [7, 11) is 1.78. The van der Waals surface area contributed by atoms with E-state index in [2.05, 4.69) is 5.32 Å². The lowest BCUT2D eigenvalue weighted by molar-refractivity contribution is -0.120. The Bertz CT molecular complexity index is 421. The van der Waals surface area contributed by atoms with Gasteiger partial charge in [-0.25, -0.2) is 0 Å². The Hall–Kier alpha value is -1.26. The van der Waals surface area contributed by atoms with Crippen molar-refractivity contribution >= 4 is 23.2 Å². The van der Waals surface area contributed by atoms with Gasteiger partial charge in [0.1, 0.15) is 0 Å². The number of hydrogen-bond donors (Lipinski definition) is 2. The van der Waals surface area contributed by atoms with E-state index in [0.29, 0.717) is 16.3 Å². The highest BCUT2D eigenvalue weighted by Crippen LogP contribution is 2.28. The zero-order valence-electron chi connectivity index (χ0n) is 10.9. The first-order valence-corrected chi connectivity index (χ1v) is 6.22. The van der Waals surface area contributed by atoms with E-state index in [0.717, 1.165) is 0 Å². The van der Waals surface area contributed by atoms with E-state index >= 15 is 0 Å². The van der Waals surface area contributed by atoms with Gasteiger partial charge >= 0.3 is 0 Å². The summed E-state index contributed by atoms with van der Waals surface area (Å²) in [6.45, 7) is 3.92. The van der Waals surface area contributed by atoms with Gasteiger partial charge in [-0.2, -0.15) is 0 Å². The second-order valence-electron chi connectivity index (χ2n) is 4.48. The molecule has 0 aromatic heterocycles. The predicted molar refractivity (Wildman–Crippen MR) is 73.9 cm³/mol. The number of aliphatic hydroxyl groups excluding tert-OH is 1. The molecule has 0 radical (unpaired) electrons. The van der Waals surface area contributed by atoms with Gasteiger partial charge in [-0.1, -0.05) is 23.7 Å². The topological polar surface area (TPSA) is 52.6 Å². The summed E-state index contributed by atoms with van der Waals surface area (Å²) in [5.41, 5.74) is 1.41. The van der Waals surface area contributed by atoms with E-state index < -0.39 is 0 Å². The number of benzene rings is 1. The lowest BCUT2D eigenvalue weighted by Crippen LogP contribution is -2.39. The van der Waals surface area contributed by atoms with Crippen molar-refractivity contribution in [3.8, 4) is 0 Å². The van der Waals surface area contributed by atoms with E-state index in [-0.39, 0.29) is 25.1 Å². The molecule has 0 spiro atoms. The molecule has 0 heterocycles. The first-order valence-electron chi connectivity index (χ1n) is 5.84. The average Bonchev–Trinajstić information content (AvgIpc) is 2.26. The van der Waals surface area contributed by atoms with Crippen molar-refractivity contribution in [3.63, 3.8) is 0 Å². The quantitative estimate of drug-likeness (QED) is 0.858. The number of hydrogen-bond acceptors (Lipinski definition) is 3. The maximum absolute atomic E-state index is 11.7. The lowest BCUT2D eigenvalue weighted by atomic mass is 10.1. The number of amides is 1. The molecule has 0 fully saturated rings.